The second-order valence-corrected chi connectivity index (χ2v) is 30.9. The maximum absolute atomic E-state index is 13.1. The van der Waals surface area contributed by atoms with Crippen LogP contribution in [-0.2, 0) is 65.4 Å². The predicted molar refractivity (Wildman–Crippen MR) is 381 cm³/mol. The van der Waals surface area contributed by atoms with Gasteiger partial charge in [0.1, 0.15) is 19.3 Å². The molecule has 0 saturated heterocycles. The number of esters is 4. The largest absolute Gasteiger partial charge is 0.472 e. The number of unbranched alkanes of at least 4 members (excludes halogenated alkanes) is 44. The Balaban J connectivity index is 5.11. The Bertz CT molecular complexity index is 1820. The highest BCUT2D eigenvalue weighted by molar-refractivity contribution is 7.47. The van der Waals surface area contributed by atoms with Gasteiger partial charge in [0.05, 0.1) is 26.4 Å². The number of phosphoric ester groups is 2. The number of phosphoric acid groups is 2. The van der Waals surface area contributed by atoms with Crippen molar-refractivity contribution in [2.75, 3.05) is 39.6 Å². The first-order valence-electron chi connectivity index (χ1n) is 39.0. The fourth-order valence-corrected chi connectivity index (χ4v) is 13.1. The normalized spacial score (nSPS) is 14.0. The summed E-state index contributed by atoms with van der Waals surface area (Å²) < 4.78 is 68.2. The van der Waals surface area contributed by atoms with Crippen molar-refractivity contribution in [3.05, 3.63) is 0 Å². The van der Waals surface area contributed by atoms with Gasteiger partial charge in [0.2, 0.25) is 0 Å². The molecule has 0 aromatic rings. The molecule has 0 aliphatic heterocycles. The minimum Gasteiger partial charge on any atom is -0.462 e. The van der Waals surface area contributed by atoms with Crippen molar-refractivity contribution < 1.29 is 80.2 Å². The summed E-state index contributed by atoms with van der Waals surface area (Å²) in [7, 11) is -9.90. The van der Waals surface area contributed by atoms with Gasteiger partial charge in [-0.2, -0.15) is 0 Å². The molecule has 19 heteroatoms. The number of hydrogen-bond acceptors (Lipinski definition) is 15. The molecule has 0 spiro atoms. The molecule has 0 aliphatic carbocycles. The lowest BCUT2D eigenvalue weighted by Crippen LogP contribution is -2.30. The Hall–Kier alpha value is -1.94. The topological polar surface area (TPSA) is 237 Å². The third-order valence-corrected chi connectivity index (χ3v) is 19.4. The van der Waals surface area contributed by atoms with Gasteiger partial charge in [-0.1, -0.05) is 337 Å². The Kier molecular flexibility index (Phi) is 65.5. The van der Waals surface area contributed by atoms with Crippen LogP contribution in [0.1, 0.15) is 388 Å². The molecule has 0 heterocycles. The molecule has 3 N–H and O–H groups in total. The van der Waals surface area contributed by atoms with Crippen LogP contribution in [0.25, 0.3) is 0 Å². The fraction of sp³-hybridized carbons (Fsp3) is 0.947. The van der Waals surface area contributed by atoms with E-state index < -0.39 is 97.5 Å². The maximum Gasteiger partial charge on any atom is 0.472 e. The van der Waals surface area contributed by atoms with Crippen molar-refractivity contribution >= 4 is 39.5 Å². The van der Waals surface area contributed by atoms with Crippen LogP contribution in [0, 0.1) is 11.8 Å². The zero-order chi connectivity index (χ0) is 69.3. The summed E-state index contributed by atoms with van der Waals surface area (Å²) in [5, 5.41) is 10.6. The van der Waals surface area contributed by atoms with Crippen molar-refractivity contribution in [1.29, 1.82) is 0 Å². The molecular formula is C75H146O17P2. The molecule has 0 aliphatic rings. The molecule has 0 fully saturated rings. The quantitative estimate of drug-likeness (QED) is 0.0222. The molecule has 0 aromatic carbocycles. The molecule has 5 atom stereocenters. The van der Waals surface area contributed by atoms with Crippen LogP contribution in [0.4, 0.5) is 0 Å². The zero-order valence-electron chi connectivity index (χ0n) is 61.3. The first-order chi connectivity index (χ1) is 45.4. The number of carbonyl (C=O) groups is 4. The van der Waals surface area contributed by atoms with Gasteiger partial charge in [-0.15, -0.1) is 0 Å². The molecule has 0 radical (unpaired) electrons. The van der Waals surface area contributed by atoms with Crippen LogP contribution in [0.5, 0.6) is 0 Å². The lowest BCUT2D eigenvalue weighted by molar-refractivity contribution is -0.161. The zero-order valence-corrected chi connectivity index (χ0v) is 63.1. The summed E-state index contributed by atoms with van der Waals surface area (Å²) in [6, 6.07) is 0. The molecule has 0 amide bonds. The van der Waals surface area contributed by atoms with Crippen molar-refractivity contribution in [1.82, 2.24) is 0 Å². The van der Waals surface area contributed by atoms with E-state index in [2.05, 4.69) is 41.5 Å². The maximum atomic E-state index is 13.1. The van der Waals surface area contributed by atoms with Crippen LogP contribution in [0.15, 0.2) is 0 Å². The van der Waals surface area contributed by atoms with E-state index in [1.165, 1.54) is 199 Å². The predicted octanol–water partition coefficient (Wildman–Crippen LogP) is 21.9. The first-order valence-corrected chi connectivity index (χ1v) is 42.0. The van der Waals surface area contributed by atoms with Crippen LogP contribution >= 0.6 is 15.6 Å². The van der Waals surface area contributed by atoms with E-state index in [0.717, 1.165) is 102 Å². The Morgan fingerprint density at radius 1 is 0.287 bits per heavy atom. The highest BCUT2D eigenvalue weighted by Gasteiger charge is 2.30. The van der Waals surface area contributed by atoms with E-state index in [4.69, 9.17) is 37.0 Å². The third kappa shape index (κ3) is 68.6. The number of rotatable bonds is 74. The average molecular weight is 1380 g/mol. The summed E-state index contributed by atoms with van der Waals surface area (Å²) >= 11 is 0. The monoisotopic (exact) mass is 1380 g/mol. The number of aliphatic hydroxyl groups is 1. The summed E-state index contributed by atoms with van der Waals surface area (Å²) in [5.41, 5.74) is 0. The summed E-state index contributed by atoms with van der Waals surface area (Å²) in [4.78, 5) is 72.4. The molecule has 558 valence electrons. The van der Waals surface area contributed by atoms with E-state index in [9.17, 15) is 43.2 Å². The van der Waals surface area contributed by atoms with Crippen LogP contribution in [0.2, 0.25) is 0 Å². The van der Waals surface area contributed by atoms with Crippen LogP contribution in [0.3, 0.4) is 0 Å². The molecule has 0 bridgehead atoms. The standard InChI is InChI=1S/C75H146O17P2/c1-7-9-11-13-14-15-16-17-18-19-20-21-22-23-26-30-33-36-41-47-53-59-74(79)92-71(64-86-73(78)58-52-46-40-35-32-29-27-24-25-28-31-34-38-44-49-55-67(3)4)66-90-94(83,84)88-62-69(76)61-87-93(81,82)89-65-70(63-85-72(77)57-51-43-12-10-8-2)91-75(80)60-54-48-42-37-39-45-50-56-68(5)6/h67-71,76H,7-66H2,1-6H3,(H,81,82)(H,83,84)/t69-,70+,71+/m0/s1. The van der Waals surface area contributed by atoms with Crippen molar-refractivity contribution in [2.24, 2.45) is 11.8 Å². The molecule has 17 nitrogen and oxygen atoms in total. The van der Waals surface area contributed by atoms with Gasteiger partial charge < -0.3 is 33.8 Å². The van der Waals surface area contributed by atoms with Gasteiger partial charge in [-0.25, -0.2) is 9.13 Å². The lowest BCUT2D eigenvalue weighted by Gasteiger charge is -2.21. The number of hydrogen-bond donors (Lipinski definition) is 3. The van der Waals surface area contributed by atoms with Gasteiger partial charge in [-0.05, 0) is 37.5 Å². The van der Waals surface area contributed by atoms with Crippen LogP contribution < -0.4 is 0 Å². The Labute approximate surface area is 575 Å². The average Bonchev–Trinajstić information content (AvgIpc) is 1.51. The Morgan fingerprint density at radius 3 is 0.723 bits per heavy atom. The molecule has 0 aromatic heterocycles. The van der Waals surface area contributed by atoms with E-state index in [1.54, 1.807) is 0 Å². The Morgan fingerprint density at radius 2 is 0.489 bits per heavy atom. The van der Waals surface area contributed by atoms with Gasteiger partial charge in [-0.3, -0.25) is 37.3 Å². The molecule has 2 unspecified atom stereocenters. The number of aliphatic hydroxyl groups excluding tert-OH is 1. The van der Waals surface area contributed by atoms with Crippen molar-refractivity contribution in [3.63, 3.8) is 0 Å². The molecular weight excluding hydrogens is 1230 g/mol. The van der Waals surface area contributed by atoms with E-state index in [-0.39, 0.29) is 25.7 Å². The number of carbonyl (C=O) groups excluding carboxylic acids is 4. The van der Waals surface area contributed by atoms with E-state index >= 15 is 0 Å². The van der Waals surface area contributed by atoms with Crippen molar-refractivity contribution in [2.45, 2.75) is 407 Å². The van der Waals surface area contributed by atoms with Gasteiger partial charge >= 0.3 is 39.5 Å². The summed E-state index contributed by atoms with van der Waals surface area (Å²) in [5.74, 6) is -0.630. The number of ether oxygens (including phenoxy) is 4. The summed E-state index contributed by atoms with van der Waals surface area (Å²) in [6.45, 7) is 9.45. The first kappa shape index (κ1) is 92.1. The SMILES string of the molecule is CCCCCCCCCCCCCCCCCCCCCCCC(=O)O[C@H](COC(=O)CCCCCCCCCCCCCCCCCC(C)C)COP(=O)(O)OC[C@@H](O)COP(=O)(O)OC[C@@H](COC(=O)CCCCCCC)OC(=O)CCCCCCCCCC(C)C. The second kappa shape index (κ2) is 66.9. The van der Waals surface area contributed by atoms with E-state index in [0.29, 0.717) is 31.6 Å². The third-order valence-electron chi connectivity index (χ3n) is 17.5. The van der Waals surface area contributed by atoms with E-state index in [1.807, 2.05) is 0 Å². The van der Waals surface area contributed by atoms with Gasteiger partial charge in [0, 0.05) is 25.7 Å². The fourth-order valence-electron chi connectivity index (χ4n) is 11.5. The molecule has 94 heavy (non-hydrogen) atoms. The van der Waals surface area contributed by atoms with Gasteiger partial charge in [0.15, 0.2) is 12.2 Å². The highest BCUT2D eigenvalue weighted by atomic mass is 31.2. The smallest absolute Gasteiger partial charge is 0.462 e. The minimum atomic E-state index is -4.95. The second-order valence-electron chi connectivity index (χ2n) is 28.0. The van der Waals surface area contributed by atoms with Crippen molar-refractivity contribution in [3.8, 4) is 0 Å². The van der Waals surface area contributed by atoms with Crippen LogP contribution in [-0.4, -0.2) is 96.7 Å². The highest BCUT2D eigenvalue weighted by Crippen LogP contribution is 2.45. The summed E-state index contributed by atoms with van der Waals surface area (Å²) in [6.07, 6.45) is 54.9. The van der Waals surface area contributed by atoms with Gasteiger partial charge in [0.25, 0.3) is 0 Å². The molecule has 0 saturated carbocycles. The minimum absolute atomic E-state index is 0.103. The lowest BCUT2D eigenvalue weighted by atomic mass is 10.0. The molecule has 0 rings (SSSR count).